The van der Waals surface area contributed by atoms with Crippen LogP contribution in [0.25, 0.3) is 0 Å². The lowest BCUT2D eigenvalue weighted by Crippen LogP contribution is -2.42. The molecule has 0 bridgehead atoms. The van der Waals surface area contributed by atoms with Crippen LogP contribution < -0.4 is 15.4 Å². The minimum absolute atomic E-state index is 0.0972. The van der Waals surface area contributed by atoms with Crippen molar-refractivity contribution < 1.29 is 22.7 Å². The quantitative estimate of drug-likeness (QED) is 0.852. The SMILES string of the molecule is O=C(NCc1ccccc1OCC(F)(F)F)C1CC2CCCCC2N1. The van der Waals surface area contributed by atoms with Crippen LogP contribution in [0.1, 0.15) is 37.7 Å². The maximum Gasteiger partial charge on any atom is 0.422 e. The largest absolute Gasteiger partial charge is 0.484 e. The predicted molar refractivity (Wildman–Crippen MR) is 87.1 cm³/mol. The molecule has 2 fully saturated rings. The predicted octanol–water partition coefficient (Wildman–Crippen LogP) is 3.16. The average molecular weight is 356 g/mol. The second-order valence-electron chi connectivity index (χ2n) is 6.84. The number of halogens is 3. The Morgan fingerprint density at radius 2 is 2.00 bits per heavy atom. The summed E-state index contributed by atoms with van der Waals surface area (Å²) in [5, 5.41) is 6.22. The average Bonchev–Trinajstić information content (AvgIpc) is 3.02. The molecule has 1 aromatic carbocycles. The van der Waals surface area contributed by atoms with Crippen molar-refractivity contribution >= 4 is 5.91 Å². The van der Waals surface area contributed by atoms with E-state index < -0.39 is 12.8 Å². The fraction of sp³-hybridized carbons (Fsp3) is 0.611. The molecule has 0 spiro atoms. The number of ether oxygens (including phenoxy) is 1. The molecule has 0 radical (unpaired) electrons. The van der Waals surface area contributed by atoms with Gasteiger partial charge in [0.2, 0.25) is 5.91 Å². The summed E-state index contributed by atoms with van der Waals surface area (Å²) < 4.78 is 41.8. The summed E-state index contributed by atoms with van der Waals surface area (Å²) in [4.78, 5) is 12.4. The van der Waals surface area contributed by atoms with Gasteiger partial charge in [0.05, 0.1) is 6.04 Å². The number of alkyl halides is 3. The number of carbonyl (C=O) groups is 1. The highest BCUT2D eigenvalue weighted by Crippen LogP contribution is 2.33. The van der Waals surface area contributed by atoms with Gasteiger partial charge in [-0.05, 0) is 31.2 Å². The van der Waals surface area contributed by atoms with Gasteiger partial charge in [-0.2, -0.15) is 13.2 Å². The molecule has 1 saturated heterocycles. The Morgan fingerprint density at radius 3 is 2.76 bits per heavy atom. The molecule has 138 valence electrons. The maximum atomic E-state index is 12.4. The Balaban J connectivity index is 1.54. The first-order valence-electron chi connectivity index (χ1n) is 8.73. The van der Waals surface area contributed by atoms with Crippen molar-refractivity contribution in [2.75, 3.05) is 6.61 Å². The molecule has 1 amide bonds. The van der Waals surface area contributed by atoms with Gasteiger partial charge < -0.3 is 15.4 Å². The highest BCUT2D eigenvalue weighted by atomic mass is 19.4. The number of carbonyl (C=O) groups excluding carboxylic acids is 1. The summed E-state index contributed by atoms with van der Waals surface area (Å²) in [7, 11) is 0. The topological polar surface area (TPSA) is 50.4 Å². The van der Waals surface area contributed by atoms with E-state index in [2.05, 4.69) is 10.6 Å². The molecule has 0 aromatic heterocycles. The van der Waals surface area contributed by atoms with Gasteiger partial charge in [0.1, 0.15) is 5.75 Å². The standard InChI is InChI=1S/C18H23F3N2O2/c19-18(20,21)11-25-16-8-4-2-6-13(16)10-22-17(24)15-9-12-5-1-3-7-14(12)23-15/h2,4,6,8,12,14-15,23H,1,3,5,7,9-11H2,(H,22,24). The molecule has 1 aliphatic carbocycles. The molecular formula is C18H23F3N2O2. The normalized spacial score (nSPS) is 26.1. The number of hydrogen-bond acceptors (Lipinski definition) is 3. The summed E-state index contributed by atoms with van der Waals surface area (Å²) in [6.45, 7) is -1.19. The molecule has 1 heterocycles. The van der Waals surface area contributed by atoms with Gasteiger partial charge >= 0.3 is 6.18 Å². The van der Waals surface area contributed by atoms with Crippen LogP contribution >= 0.6 is 0 Å². The van der Waals surface area contributed by atoms with E-state index in [-0.39, 0.29) is 24.2 Å². The highest BCUT2D eigenvalue weighted by molar-refractivity contribution is 5.82. The molecule has 3 unspecified atom stereocenters. The van der Waals surface area contributed by atoms with E-state index in [1.807, 2.05) is 0 Å². The number of rotatable bonds is 5. The molecular weight excluding hydrogens is 333 g/mol. The van der Waals surface area contributed by atoms with Crippen molar-refractivity contribution in [3.8, 4) is 5.75 Å². The van der Waals surface area contributed by atoms with E-state index >= 15 is 0 Å². The monoisotopic (exact) mass is 356 g/mol. The third-order valence-electron chi connectivity index (χ3n) is 5.00. The molecule has 2 aliphatic rings. The van der Waals surface area contributed by atoms with E-state index in [0.29, 0.717) is 17.5 Å². The van der Waals surface area contributed by atoms with Crippen LogP contribution in [-0.2, 0) is 11.3 Å². The second kappa shape index (κ2) is 7.64. The van der Waals surface area contributed by atoms with Gasteiger partial charge in [0.25, 0.3) is 0 Å². The third-order valence-corrected chi connectivity index (χ3v) is 5.00. The smallest absolute Gasteiger partial charge is 0.422 e. The number of nitrogens with one attached hydrogen (secondary N) is 2. The Kier molecular flexibility index (Phi) is 5.51. The lowest BCUT2D eigenvalue weighted by molar-refractivity contribution is -0.153. The van der Waals surface area contributed by atoms with Crippen LogP contribution in [0, 0.1) is 5.92 Å². The van der Waals surface area contributed by atoms with Gasteiger partial charge in [-0.15, -0.1) is 0 Å². The number of fused-ring (bicyclic) bond motifs is 1. The van der Waals surface area contributed by atoms with Gasteiger partial charge in [-0.3, -0.25) is 4.79 Å². The number of para-hydroxylation sites is 1. The van der Waals surface area contributed by atoms with Crippen LogP contribution in [-0.4, -0.2) is 30.8 Å². The van der Waals surface area contributed by atoms with Gasteiger partial charge in [0.15, 0.2) is 6.61 Å². The summed E-state index contributed by atoms with van der Waals surface area (Å²) in [5.74, 6) is 0.611. The van der Waals surface area contributed by atoms with E-state index in [4.69, 9.17) is 4.74 Å². The number of hydrogen-bond donors (Lipinski definition) is 2. The summed E-state index contributed by atoms with van der Waals surface area (Å²) in [6, 6.07) is 6.68. The number of amides is 1. The van der Waals surface area contributed by atoms with Crippen molar-refractivity contribution in [3.63, 3.8) is 0 Å². The van der Waals surface area contributed by atoms with E-state index in [9.17, 15) is 18.0 Å². The van der Waals surface area contributed by atoms with E-state index in [1.165, 1.54) is 18.9 Å². The van der Waals surface area contributed by atoms with Gasteiger partial charge in [-0.1, -0.05) is 31.0 Å². The molecule has 4 nitrogen and oxygen atoms in total. The summed E-state index contributed by atoms with van der Waals surface area (Å²) >= 11 is 0. The maximum absolute atomic E-state index is 12.4. The van der Waals surface area contributed by atoms with Crippen molar-refractivity contribution in [1.29, 1.82) is 0 Å². The minimum Gasteiger partial charge on any atom is -0.484 e. The Bertz CT molecular complexity index is 592. The fourth-order valence-electron chi connectivity index (χ4n) is 3.78. The fourth-order valence-corrected chi connectivity index (χ4v) is 3.78. The van der Waals surface area contributed by atoms with Crippen LogP contribution in [0.4, 0.5) is 13.2 Å². The molecule has 1 aliphatic heterocycles. The third kappa shape index (κ3) is 4.87. The Labute approximate surface area is 145 Å². The summed E-state index contributed by atoms with van der Waals surface area (Å²) in [5.41, 5.74) is 0.538. The molecule has 3 atom stereocenters. The molecule has 3 rings (SSSR count). The minimum atomic E-state index is -4.39. The van der Waals surface area contributed by atoms with Crippen LogP contribution in [0.15, 0.2) is 24.3 Å². The van der Waals surface area contributed by atoms with Crippen LogP contribution in [0.3, 0.4) is 0 Å². The van der Waals surface area contributed by atoms with E-state index in [1.54, 1.807) is 18.2 Å². The Hall–Kier alpha value is -1.76. The van der Waals surface area contributed by atoms with Gasteiger partial charge in [-0.25, -0.2) is 0 Å². The lowest BCUT2D eigenvalue weighted by Gasteiger charge is -2.24. The first-order chi connectivity index (χ1) is 11.9. The lowest BCUT2D eigenvalue weighted by atomic mass is 9.85. The molecule has 1 saturated carbocycles. The van der Waals surface area contributed by atoms with Crippen molar-refractivity contribution in [2.45, 2.75) is 56.9 Å². The van der Waals surface area contributed by atoms with Crippen molar-refractivity contribution in [1.82, 2.24) is 10.6 Å². The first-order valence-corrected chi connectivity index (χ1v) is 8.73. The zero-order chi connectivity index (χ0) is 17.9. The van der Waals surface area contributed by atoms with Gasteiger partial charge in [0, 0.05) is 18.2 Å². The molecule has 7 heteroatoms. The van der Waals surface area contributed by atoms with Crippen molar-refractivity contribution in [3.05, 3.63) is 29.8 Å². The highest BCUT2D eigenvalue weighted by Gasteiger charge is 2.38. The van der Waals surface area contributed by atoms with Crippen molar-refractivity contribution in [2.24, 2.45) is 5.92 Å². The zero-order valence-corrected chi connectivity index (χ0v) is 13.9. The molecule has 1 aromatic rings. The first kappa shape index (κ1) is 18.0. The summed E-state index contributed by atoms with van der Waals surface area (Å²) in [6.07, 6.45) is 1.15. The molecule has 2 N–H and O–H groups in total. The Morgan fingerprint density at radius 1 is 1.24 bits per heavy atom. The second-order valence-corrected chi connectivity index (χ2v) is 6.84. The van der Waals surface area contributed by atoms with Crippen LogP contribution in [0.2, 0.25) is 0 Å². The van der Waals surface area contributed by atoms with Crippen LogP contribution in [0.5, 0.6) is 5.75 Å². The zero-order valence-electron chi connectivity index (χ0n) is 13.9. The number of benzene rings is 1. The molecule has 25 heavy (non-hydrogen) atoms. The van der Waals surface area contributed by atoms with E-state index in [0.717, 1.165) is 19.3 Å².